The maximum Gasteiger partial charge on any atom is 0.190 e. The molecule has 1 aromatic heterocycles. The van der Waals surface area contributed by atoms with Crippen molar-refractivity contribution in [2.24, 2.45) is 0 Å². The molecule has 1 heterocycles. The van der Waals surface area contributed by atoms with Gasteiger partial charge in [-0.1, -0.05) is 268 Å². The molecule has 0 unspecified atom stereocenters. The molecule has 0 atom stereocenters. The summed E-state index contributed by atoms with van der Waals surface area (Å²) >= 11 is 6.17. The molecule has 0 spiro atoms. The zero-order chi connectivity index (χ0) is 59.0. The van der Waals surface area contributed by atoms with Gasteiger partial charge in [0.25, 0.3) is 0 Å². The molecule has 5 aromatic carbocycles. The minimum Gasteiger partial charge on any atom is -0.261 e. The zero-order valence-electron chi connectivity index (χ0n) is 52.4. The van der Waals surface area contributed by atoms with Crippen molar-refractivity contribution < 1.29 is 8.78 Å². The van der Waals surface area contributed by atoms with Crippen LogP contribution in [-0.2, 0) is 0 Å². The second-order valence-corrected chi connectivity index (χ2v) is 24.7. The van der Waals surface area contributed by atoms with Gasteiger partial charge < -0.3 is 0 Å². The van der Waals surface area contributed by atoms with Crippen LogP contribution in [0.5, 0.6) is 0 Å². The van der Waals surface area contributed by atoms with Crippen LogP contribution >= 0.6 is 11.6 Å². The first kappa shape index (κ1) is 69.9. The first-order valence-electron chi connectivity index (χ1n) is 28.8. The van der Waals surface area contributed by atoms with Gasteiger partial charge in [0.1, 0.15) is 11.6 Å². The zero-order valence-corrected chi connectivity index (χ0v) is 53.2. The molecule has 422 valence electrons. The molecule has 0 N–H and O–H groups in total. The van der Waals surface area contributed by atoms with Gasteiger partial charge in [-0.2, -0.15) is 0 Å². The van der Waals surface area contributed by atoms with Crippen molar-refractivity contribution in [1.29, 1.82) is 0 Å². The first-order chi connectivity index (χ1) is 35.8. The van der Waals surface area contributed by atoms with Gasteiger partial charge in [-0.05, 0) is 151 Å². The minimum atomic E-state index is -0.0683. The van der Waals surface area contributed by atoms with E-state index in [4.69, 9.17) is 18.2 Å². The Labute approximate surface area is 476 Å². The van der Waals surface area contributed by atoms with Gasteiger partial charge in [0, 0.05) is 16.9 Å². The van der Waals surface area contributed by atoms with Crippen molar-refractivity contribution in [3.63, 3.8) is 0 Å². The van der Waals surface area contributed by atoms with E-state index >= 15 is 0 Å². The molecule has 6 rings (SSSR count). The molecule has 0 radical (unpaired) electrons. The summed E-state index contributed by atoms with van der Waals surface area (Å²) in [7, 11) is 0. The summed E-state index contributed by atoms with van der Waals surface area (Å²) in [5.41, 5.74) is 14.9. The summed E-state index contributed by atoms with van der Waals surface area (Å²) in [4.78, 5) is 7.98. The Morgan fingerprint density at radius 3 is 0.870 bits per heavy atom. The standard InChI is InChI=1S/C13H17N.C12H17Cl.2C12H17F.C12H18.C11H17N/c1-9(2)11-6-7-12(10(3)4)13(8-11)14-5;3*1-8(2)10-5-6-11(9(3)4)12(13)7-10;1-9(2)11-5-7-12(8-6-11)10(3)4;1-8(2)10-5-6-11(9(3)4)12-7-10/h6-10H,1-4H3;3*5-9H,1-4H3;5-10H,1-4H3;5-9H,1-4H3. The van der Waals surface area contributed by atoms with E-state index < -0.39 is 0 Å². The topological polar surface area (TPSA) is 17.2 Å². The minimum absolute atomic E-state index is 0.0683. The van der Waals surface area contributed by atoms with Crippen LogP contribution in [0.25, 0.3) is 4.85 Å². The maximum absolute atomic E-state index is 13.5. The Bertz CT molecular complexity index is 2380. The first-order valence-corrected chi connectivity index (χ1v) is 29.2. The largest absolute Gasteiger partial charge is 0.261 e. The third-order valence-corrected chi connectivity index (χ3v) is 14.1. The third kappa shape index (κ3) is 24.6. The summed E-state index contributed by atoms with van der Waals surface area (Å²) in [6.45, 7) is 58.3. The van der Waals surface area contributed by atoms with Crippen molar-refractivity contribution >= 4 is 17.3 Å². The van der Waals surface area contributed by atoms with Gasteiger partial charge in [-0.3, -0.25) is 4.98 Å². The molecule has 0 amide bonds. The number of hydrogen-bond donors (Lipinski definition) is 0. The fraction of sp³-hybridized carbons (Fsp3) is 0.500. The molecule has 0 aliphatic carbocycles. The molecule has 6 aromatic rings. The molecular weight excluding hydrogens is 966 g/mol. The molecule has 0 saturated heterocycles. The Balaban J connectivity index is 0.000000462. The van der Waals surface area contributed by atoms with E-state index in [0.29, 0.717) is 59.2 Å². The maximum atomic E-state index is 13.5. The number of halogens is 3. The summed E-state index contributed by atoms with van der Waals surface area (Å²) in [6.07, 6.45) is 1.99. The summed E-state index contributed by atoms with van der Waals surface area (Å²) < 4.78 is 26.9. The predicted molar refractivity (Wildman–Crippen MR) is 337 cm³/mol. The number of rotatable bonds is 12. The number of benzene rings is 5. The van der Waals surface area contributed by atoms with Crippen LogP contribution in [-0.4, -0.2) is 4.98 Å². The van der Waals surface area contributed by atoms with E-state index in [9.17, 15) is 8.78 Å². The summed E-state index contributed by atoms with van der Waals surface area (Å²) in [6, 6.07) is 37.0. The van der Waals surface area contributed by atoms with E-state index in [0.717, 1.165) is 38.5 Å². The fourth-order valence-electron chi connectivity index (χ4n) is 7.98. The molecule has 0 aliphatic heterocycles. The Kier molecular flexibility index (Phi) is 31.5. The van der Waals surface area contributed by atoms with E-state index in [1.54, 1.807) is 12.1 Å². The van der Waals surface area contributed by atoms with E-state index in [1.165, 1.54) is 39.1 Å². The van der Waals surface area contributed by atoms with Crippen LogP contribution in [0.4, 0.5) is 14.5 Å². The smallest absolute Gasteiger partial charge is 0.190 e. The molecule has 0 saturated carbocycles. The molecule has 5 heteroatoms. The second-order valence-electron chi connectivity index (χ2n) is 24.3. The average molecular weight is 1070 g/mol. The van der Waals surface area contributed by atoms with Crippen LogP contribution in [0.15, 0.2) is 115 Å². The SMILES string of the molecule is CC(C)c1ccc(C(C)C)c(Cl)c1.CC(C)c1ccc(C(C)C)c(F)c1.CC(C)c1ccc(C(C)C)c(F)c1.CC(C)c1ccc(C(C)C)cc1.CC(C)c1ccc(C(C)C)nc1.[C-]#[N+]c1cc(C(C)C)ccc1C(C)C. The van der Waals surface area contributed by atoms with Gasteiger partial charge in [0.05, 0.1) is 6.57 Å². The van der Waals surface area contributed by atoms with Gasteiger partial charge in [0.15, 0.2) is 5.69 Å². The van der Waals surface area contributed by atoms with Crippen molar-refractivity contribution in [3.8, 4) is 0 Å². The van der Waals surface area contributed by atoms with Crippen LogP contribution in [0.2, 0.25) is 5.02 Å². The van der Waals surface area contributed by atoms with Crippen LogP contribution in [0, 0.1) is 18.2 Å². The second kappa shape index (κ2) is 34.7. The molecule has 77 heavy (non-hydrogen) atoms. The molecule has 2 nitrogen and oxygen atoms in total. The highest BCUT2D eigenvalue weighted by atomic mass is 35.5. The van der Waals surface area contributed by atoms with Crippen LogP contribution < -0.4 is 0 Å². The normalized spacial score (nSPS) is 11.1. The quantitative estimate of drug-likeness (QED) is 0.112. The molecule has 0 bridgehead atoms. The highest BCUT2D eigenvalue weighted by Crippen LogP contribution is 2.31. The van der Waals surface area contributed by atoms with Gasteiger partial charge in [0.2, 0.25) is 0 Å². The van der Waals surface area contributed by atoms with Crippen molar-refractivity contribution in [3.05, 3.63) is 210 Å². The van der Waals surface area contributed by atoms with Crippen molar-refractivity contribution in [1.82, 2.24) is 4.98 Å². The lowest BCUT2D eigenvalue weighted by Crippen LogP contribution is -1.96. The Morgan fingerprint density at radius 1 is 0.325 bits per heavy atom. The lowest BCUT2D eigenvalue weighted by molar-refractivity contribution is 0.594. The summed E-state index contributed by atoms with van der Waals surface area (Å²) in [5, 5.41) is 0.904. The van der Waals surface area contributed by atoms with E-state index in [2.05, 4.69) is 215 Å². The predicted octanol–water partition coefficient (Wildman–Crippen LogP) is 24.5. The van der Waals surface area contributed by atoms with E-state index in [-0.39, 0.29) is 23.5 Å². The molecule has 0 aliphatic rings. The van der Waals surface area contributed by atoms with E-state index in [1.807, 2.05) is 64.2 Å². The fourth-order valence-corrected chi connectivity index (χ4v) is 8.39. The molecule has 0 fully saturated rings. The summed E-state index contributed by atoms with van der Waals surface area (Å²) in [5.74, 6) is 5.59. The van der Waals surface area contributed by atoms with Gasteiger partial charge >= 0.3 is 0 Å². The van der Waals surface area contributed by atoms with Crippen molar-refractivity contribution in [2.75, 3.05) is 0 Å². The highest BCUT2D eigenvalue weighted by Gasteiger charge is 2.12. The Hall–Kier alpha value is -5.11. The van der Waals surface area contributed by atoms with Crippen molar-refractivity contribution in [2.45, 2.75) is 237 Å². The lowest BCUT2D eigenvalue weighted by Gasteiger charge is -2.11. The van der Waals surface area contributed by atoms with Crippen LogP contribution in [0.3, 0.4) is 0 Å². The van der Waals surface area contributed by atoms with Gasteiger partial charge in [-0.25, -0.2) is 13.6 Å². The number of pyridine rings is 1. The number of aromatic nitrogens is 1. The highest BCUT2D eigenvalue weighted by molar-refractivity contribution is 6.31. The lowest BCUT2D eigenvalue weighted by atomic mass is 9.95. The average Bonchev–Trinajstić information content (AvgIpc) is 3.36. The third-order valence-electron chi connectivity index (χ3n) is 13.7. The number of hydrogen-bond acceptors (Lipinski definition) is 1. The van der Waals surface area contributed by atoms with Gasteiger partial charge in [-0.15, -0.1) is 0 Å². The number of nitrogens with zero attached hydrogens (tertiary/aromatic N) is 2. The van der Waals surface area contributed by atoms with Crippen LogP contribution in [0.1, 0.15) is 304 Å². The Morgan fingerprint density at radius 2 is 0.610 bits per heavy atom. The monoisotopic (exact) mass is 1070 g/mol. The molecular formula is C72H103ClF2N2.